The summed E-state index contributed by atoms with van der Waals surface area (Å²) in [5.41, 5.74) is 0.930. The molecule has 0 atom stereocenters. The smallest absolute Gasteiger partial charge is 0.245 e. The lowest BCUT2D eigenvalue weighted by Crippen LogP contribution is -2.41. The fraction of sp³-hybridized carbons (Fsp3) is 0.316. The molecule has 1 fully saturated rings. The summed E-state index contributed by atoms with van der Waals surface area (Å²) in [7, 11) is -3.95. The van der Waals surface area contributed by atoms with E-state index in [-0.39, 0.29) is 42.4 Å². The Morgan fingerprint density at radius 1 is 1.07 bits per heavy atom. The Morgan fingerprint density at radius 2 is 1.74 bits per heavy atom. The van der Waals surface area contributed by atoms with Gasteiger partial charge in [0.05, 0.1) is 5.69 Å². The standard InChI is InChI=1S/C19H20F2N2O3S/c1-13-6-7-15(20)17(12-13)22-19(24)14-8-10-23(11-9-14)27(25,26)18-5-3-2-4-16(18)21/h2-7,12,14H,8-11H2,1H3,(H,22,24). The predicted molar refractivity (Wildman–Crippen MR) is 97.6 cm³/mol. The van der Waals surface area contributed by atoms with Crippen molar-refractivity contribution in [3.63, 3.8) is 0 Å². The Hall–Kier alpha value is -2.32. The Kier molecular flexibility index (Phi) is 5.57. The monoisotopic (exact) mass is 394 g/mol. The number of hydrogen-bond donors (Lipinski definition) is 1. The van der Waals surface area contributed by atoms with Gasteiger partial charge in [-0.15, -0.1) is 0 Å². The van der Waals surface area contributed by atoms with Crippen molar-refractivity contribution in [2.45, 2.75) is 24.7 Å². The van der Waals surface area contributed by atoms with Crippen molar-refractivity contribution in [2.75, 3.05) is 18.4 Å². The zero-order valence-electron chi connectivity index (χ0n) is 14.8. The lowest BCUT2D eigenvalue weighted by Gasteiger charge is -2.30. The minimum Gasteiger partial charge on any atom is -0.323 e. The maximum atomic E-state index is 13.9. The minimum atomic E-state index is -3.95. The Labute approximate surface area is 157 Å². The quantitative estimate of drug-likeness (QED) is 0.865. The van der Waals surface area contributed by atoms with Gasteiger partial charge in [0.25, 0.3) is 0 Å². The summed E-state index contributed by atoms with van der Waals surface area (Å²) in [5.74, 6) is -2.10. The maximum Gasteiger partial charge on any atom is 0.245 e. The first kappa shape index (κ1) is 19.4. The summed E-state index contributed by atoms with van der Waals surface area (Å²) in [4.78, 5) is 12.0. The number of sulfonamides is 1. The highest BCUT2D eigenvalue weighted by atomic mass is 32.2. The van der Waals surface area contributed by atoms with Gasteiger partial charge in [0.2, 0.25) is 15.9 Å². The first-order valence-electron chi connectivity index (χ1n) is 8.61. The van der Waals surface area contributed by atoms with Crippen LogP contribution in [0.5, 0.6) is 0 Å². The highest BCUT2D eigenvalue weighted by molar-refractivity contribution is 7.89. The number of halogens is 2. The fourth-order valence-corrected chi connectivity index (χ4v) is 4.66. The topological polar surface area (TPSA) is 66.5 Å². The zero-order valence-corrected chi connectivity index (χ0v) is 15.6. The number of piperidine rings is 1. The molecule has 2 aromatic rings. The van der Waals surface area contributed by atoms with E-state index in [0.29, 0.717) is 0 Å². The van der Waals surface area contributed by atoms with Crippen LogP contribution >= 0.6 is 0 Å². The summed E-state index contributed by atoms with van der Waals surface area (Å²) >= 11 is 0. The molecule has 1 saturated heterocycles. The van der Waals surface area contributed by atoms with Crippen LogP contribution in [0.3, 0.4) is 0 Å². The van der Waals surface area contributed by atoms with Gasteiger partial charge < -0.3 is 5.32 Å². The Bertz CT molecular complexity index is 955. The number of carbonyl (C=O) groups excluding carboxylic acids is 1. The van der Waals surface area contributed by atoms with Crippen LogP contribution in [0.4, 0.5) is 14.5 Å². The average Bonchev–Trinajstić information content (AvgIpc) is 2.65. The number of aryl methyl sites for hydroxylation is 1. The predicted octanol–water partition coefficient (Wildman–Crippen LogP) is 3.31. The van der Waals surface area contributed by atoms with Crippen molar-refractivity contribution < 1.29 is 22.0 Å². The molecule has 1 N–H and O–H groups in total. The van der Waals surface area contributed by atoms with Gasteiger partial charge in [0.15, 0.2) is 0 Å². The zero-order chi connectivity index (χ0) is 19.6. The molecule has 144 valence electrons. The maximum absolute atomic E-state index is 13.9. The Morgan fingerprint density at radius 3 is 2.41 bits per heavy atom. The van der Waals surface area contributed by atoms with Crippen LogP contribution in [0, 0.1) is 24.5 Å². The third kappa shape index (κ3) is 4.17. The van der Waals surface area contributed by atoms with Crippen LogP contribution < -0.4 is 5.32 Å². The molecule has 1 aliphatic rings. The number of rotatable bonds is 4. The van der Waals surface area contributed by atoms with Crippen molar-refractivity contribution in [1.29, 1.82) is 0 Å². The van der Waals surface area contributed by atoms with Crippen LogP contribution in [0.2, 0.25) is 0 Å². The molecule has 1 aliphatic heterocycles. The molecule has 27 heavy (non-hydrogen) atoms. The molecule has 2 aromatic carbocycles. The summed E-state index contributed by atoms with van der Waals surface area (Å²) in [6.45, 7) is 2.00. The molecule has 0 aliphatic carbocycles. The molecule has 1 heterocycles. The molecular formula is C19H20F2N2O3S. The average molecular weight is 394 g/mol. The van der Waals surface area contributed by atoms with Crippen molar-refractivity contribution in [3.8, 4) is 0 Å². The number of nitrogens with one attached hydrogen (secondary N) is 1. The third-order valence-corrected chi connectivity index (χ3v) is 6.59. The van der Waals surface area contributed by atoms with Gasteiger partial charge in [-0.1, -0.05) is 18.2 Å². The van der Waals surface area contributed by atoms with E-state index in [9.17, 15) is 22.0 Å². The molecule has 3 rings (SSSR count). The second-order valence-electron chi connectivity index (χ2n) is 6.58. The molecule has 0 spiro atoms. The lowest BCUT2D eigenvalue weighted by molar-refractivity contribution is -0.120. The van der Waals surface area contributed by atoms with Crippen LogP contribution in [0.1, 0.15) is 18.4 Å². The van der Waals surface area contributed by atoms with Gasteiger partial charge in [-0.3, -0.25) is 4.79 Å². The highest BCUT2D eigenvalue weighted by Crippen LogP contribution is 2.26. The van der Waals surface area contributed by atoms with Gasteiger partial charge in [-0.05, 0) is 49.6 Å². The van der Waals surface area contributed by atoms with Crippen LogP contribution in [0.15, 0.2) is 47.4 Å². The van der Waals surface area contributed by atoms with E-state index < -0.39 is 27.6 Å². The van der Waals surface area contributed by atoms with E-state index in [2.05, 4.69) is 5.32 Å². The molecule has 0 unspecified atom stereocenters. The fourth-order valence-electron chi connectivity index (χ4n) is 3.12. The Balaban J connectivity index is 1.66. The summed E-state index contributed by atoms with van der Waals surface area (Å²) in [5, 5.41) is 2.57. The van der Waals surface area contributed by atoms with Gasteiger partial charge in [-0.25, -0.2) is 17.2 Å². The number of benzene rings is 2. The molecule has 0 saturated carbocycles. The van der Waals surface area contributed by atoms with Gasteiger partial charge in [-0.2, -0.15) is 4.31 Å². The second-order valence-corrected chi connectivity index (χ2v) is 8.49. The van der Waals surface area contributed by atoms with Crippen LogP contribution in [0.25, 0.3) is 0 Å². The minimum absolute atomic E-state index is 0.102. The molecule has 0 radical (unpaired) electrons. The van der Waals surface area contributed by atoms with Crippen LogP contribution in [-0.4, -0.2) is 31.7 Å². The van der Waals surface area contributed by atoms with Crippen molar-refractivity contribution in [2.24, 2.45) is 5.92 Å². The van der Waals surface area contributed by atoms with E-state index in [1.54, 1.807) is 19.1 Å². The largest absolute Gasteiger partial charge is 0.323 e. The number of nitrogens with zero attached hydrogens (tertiary/aromatic N) is 1. The second kappa shape index (κ2) is 7.74. The van der Waals surface area contributed by atoms with Gasteiger partial charge in [0.1, 0.15) is 16.5 Å². The van der Waals surface area contributed by atoms with E-state index in [0.717, 1.165) is 11.6 Å². The van der Waals surface area contributed by atoms with Crippen LogP contribution in [-0.2, 0) is 14.8 Å². The van der Waals surface area contributed by atoms with E-state index >= 15 is 0 Å². The summed E-state index contributed by atoms with van der Waals surface area (Å²) in [6, 6.07) is 9.66. The van der Waals surface area contributed by atoms with Gasteiger partial charge in [0, 0.05) is 19.0 Å². The lowest BCUT2D eigenvalue weighted by atomic mass is 9.97. The summed E-state index contributed by atoms with van der Waals surface area (Å²) < 4.78 is 54.0. The SMILES string of the molecule is Cc1ccc(F)c(NC(=O)C2CCN(S(=O)(=O)c3ccccc3F)CC2)c1. The normalized spacial score (nSPS) is 16.3. The van der Waals surface area contributed by atoms with Gasteiger partial charge >= 0.3 is 0 Å². The van der Waals surface area contributed by atoms with Crippen molar-refractivity contribution in [3.05, 3.63) is 59.7 Å². The first-order valence-corrected chi connectivity index (χ1v) is 10.0. The van der Waals surface area contributed by atoms with E-state index in [1.807, 2.05) is 0 Å². The summed E-state index contributed by atoms with van der Waals surface area (Å²) in [6.07, 6.45) is 0.569. The molecule has 8 heteroatoms. The number of anilines is 1. The first-order chi connectivity index (χ1) is 12.8. The number of amides is 1. The molecule has 0 aromatic heterocycles. The number of carbonyl (C=O) groups is 1. The third-order valence-electron chi connectivity index (χ3n) is 4.66. The van der Waals surface area contributed by atoms with Crippen molar-refractivity contribution in [1.82, 2.24) is 4.31 Å². The molecule has 1 amide bonds. The number of hydrogen-bond acceptors (Lipinski definition) is 3. The molecule has 5 nitrogen and oxygen atoms in total. The van der Waals surface area contributed by atoms with E-state index in [4.69, 9.17) is 0 Å². The highest BCUT2D eigenvalue weighted by Gasteiger charge is 2.33. The molecule has 0 bridgehead atoms. The van der Waals surface area contributed by atoms with E-state index in [1.165, 1.54) is 28.6 Å². The molecular weight excluding hydrogens is 374 g/mol. The van der Waals surface area contributed by atoms with Crippen molar-refractivity contribution >= 4 is 21.6 Å².